The maximum atomic E-state index is 14.3. The van der Waals surface area contributed by atoms with Gasteiger partial charge in [0, 0.05) is 46.0 Å². The zero-order valence-electron chi connectivity index (χ0n) is 24.7. The molecule has 0 spiro atoms. The molecule has 2 heterocycles. The van der Waals surface area contributed by atoms with E-state index in [0.29, 0.717) is 37.2 Å². The van der Waals surface area contributed by atoms with E-state index in [1.807, 2.05) is 18.4 Å². The minimum absolute atomic E-state index is 0.0920. The third kappa shape index (κ3) is 7.93. The molecule has 1 aliphatic heterocycles. The first kappa shape index (κ1) is 31.3. The van der Waals surface area contributed by atoms with Crippen LogP contribution in [0.1, 0.15) is 64.5 Å². The minimum atomic E-state index is -0.721. The van der Waals surface area contributed by atoms with Gasteiger partial charge in [0.15, 0.2) is 5.82 Å². The monoisotopic (exact) mass is 562 g/mol. The summed E-state index contributed by atoms with van der Waals surface area (Å²) in [7, 11) is 2.95. The molecule has 1 saturated heterocycles. The van der Waals surface area contributed by atoms with Gasteiger partial charge < -0.3 is 28.6 Å². The van der Waals surface area contributed by atoms with Crippen molar-refractivity contribution in [2.24, 2.45) is 11.8 Å². The number of aryl methyl sites for hydroxylation is 1. The van der Waals surface area contributed by atoms with Crippen LogP contribution in [0.4, 0.5) is 9.18 Å². The highest BCUT2D eigenvalue weighted by atomic mass is 19.1. The van der Waals surface area contributed by atoms with E-state index in [1.54, 1.807) is 38.8 Å². The lowest BCUT2D eigenvalue weighted by molar-refractivity contribution is -0.148. The molecule has 0 bridgehead atoms. The molecular formula is C29H43FN4O6. The summed E-state index contributed by atoms with van der Waals surface area (Å²) in [6, 6.07) is 3.83. The number of piperidine rings is 1. The highest BCUT2D eigenvalue weighted by Gasteiger charge is 2.41. The Morgan fingerprint density at radius 3 is 2.50 bits per heavy atom. The topological polar surface area (TPSA) is 103 Å². The molecule has 1 aromatic heterocycles. The summed E-state index contributed by atoms with van der Waals surface area (Å²) >= 11 is 0. The zero-order chi connectivity index (χ0) is 29.6. The Balaban J connectivity index is 2.01. The van der Waals surface area contributed by atoms with E-state index in [9.17, 15) is 18.8 Å². The number of aromatic nitrogens is 2. The predicted octanol–water partition coefficient (Wildman–Crippen LogP) is 4.50. The van der Waals surface area contributed by atoms with Gasteiger partial charge in [-0.2, -0.15) is 0 Å². The molecule has 2 aromatic rings. The van der Waals surface area contributed by atoms with E-state index in [1.165, 1.54) is 24.1 Å². The van der Waals surface area contributed by atoms with Crippen molar-refractivity contribution in [1.29, 1.82) is 0 Å². The zero-order valence-corrected chi connectivity index (χ0v) is 24.7. The quantitative estimate of drug-likeness (QED) is 0.310. The maximum Gasteiger partial charge on any atom is 0.410 e. The first-order valence-corrected chi connectivity index (χ1v) is 13.9. The van der Waals surface area contributed by atoms with E-state index in [0.717, 1.165) is 12.8 Å². The first-order valence-electron chi connectivity index (χ1n) is 13.9. The lowest BCUT2D eigenvalue weighted by atomic mass is 9.92. The van der Waals surface area contributed by atoms with Crippen LogP contribution in [0.15, 0.2) is 18.2 Å². The Morgan fingerprint density at radius 1 is 1.15 bits per heavy atom. The van der Waals surface area contributed by atoms with Crippen LogP contribution in [0.3, 0.4) is 0 Å². The number of unbranched alkanes of at least 4 members (excludes halogenated alkanes) is 1. The second-order valence-electron chi connectivity index (χ2n) is 11.8. The van der Waals surface area contributed by atoms with Crippen molar-refractivity contribution in [2.75, 3.05) is 40.5 Å². The van der Waals surface area contributed by atoms with Gasteiger partial charge in [-0.25, -0.2) is 14.2 Å². The number of carbonyl (C=O) groups is 3. The van der Waals surface area contributed by atoms with Crippen LogP contribution in [0.2, 0.25) is 0 Å². The van der Waals surface area contributed by atoms with Gasteiger partial charge in [-0.15, -0.1) is 0 Å². The van der Waals surface area contributed by atoms with E-state index in [2.05, 4.69) is 4.98 Å². The molecule has 1 fully saturated rings. The highest BCUT2D eigenvalue weighted by molar-refractivity contribution is 5.95. The molecular weight excluding hydrogens is 519 g/mol. The number of likely N-dealkylation sites (tertiary alicyclic amines) is 1. The molecule has 10 nitrogen and oxygen atoms in total. The lowest BCUT2D eigenvalue weighted by Crippen LogP contribution is -2.57. The summed E-state index contributed by atoms with van der Waals surface area (Å²) in [5, 5.41) is 0. The maximum absolute atomic E-state index is 14.3. The molecule has 40 heavy (non-hydrogen) atoms. The molecule has 1 aliphatic rings. The van der Waals surface area contributed by atoms with E-state index in [4.69, 9.17) is 14.2 Å². The molecule has 2 amide bonds. The number of methoxy groups -OCH3 is 2. The summed E-state index contributed by atoms with van der Waals surface area (Å²) in [5.41, 5.74) is 0.338. The number of imidazole rings is 1. The van der Waals surface area contributed by atoms with Crippen LogP contribution in [0.25, 0.3) is 11.0 Å². The van der Waals surface area contributed by atoms with Crippen molar-refractivity contribution in [3.63, 3.8) is 0 Å². The molecule has 222 valence electrons. The van der Waals surface area contributed by atoms with E-state index in [-0.39, 0.29) is 30.7 Å². The number of benzene rings is 1. The number of esters is 1. The average Bonchev–Trinajstić information content (AvgIpc) is 3.24. The van der Waals surface area contributed by atoms with E-state index < -0.39 is 35.4 Å². The lowest BCUT2D eigenvalue weighted by Gasteiger charge is -2.42. The van der Waals surface area contributed by atoms with Gasteiger partial charge in [-0.3, -0.25) is 9.59 Å². The number of fused-ring (bicyclic) bond motifs is 1. The van der Waals surface area contributed by atoms with Crippen molar-refractivity contribution in [3.05, 3.63) is 29.8 Å². The second kappa shape index (κ2) is 13.4. The smallest absolute Gasteiger partial charge is 0.410 e. The number of hydrogen-bond acceptors (Lipinski definition) is 7. The number of carbonyl (C=O) groups excluding carboxylic acids is 3. The Hall–Kier alpha value is -3.21. The van der Waals surface area contributed by atoms with Gasteiger partial charge >= 0.3 is 12.1 Å². The molecule has 3 rings (SSSR count). The Morgan fingerprint density at radius 2 is 1.88 bits per heavy atom. The number of hydrogen-bond donors (Lipinski definition) is 0. The minimum Gasteiger partial charge on any atom is -0.469 e. The van der Waals surface area contributed by atoms with Crippen molar-refractivity contribution in [1.82, 2.24) is 19.4 Å². The van der Waals surface area contributed by atoms with Crippen LogP contribution in [0, 0.1) is 17.7 Å². The third-order valence-corrected chi connectivity index (χ3v) is 6.76. The molecule has 11 heteroatoms. The second-order valence-corrected chi connectivity index (χ2v) is 11.8. The van der Waals surface area contributed by atoms with Gasteiger partial charge in [-0.1, -0.05) is 13.8 Å². The van der Waals surface area contributed by atoms with Gasteiger partial charge in [0.2, 0.25) is 0 Å². The number of rotatable bonds is 10. The summed E-state index contributed by atoms with van der Waals surface area (Å²) in [4.78, 5) is 47.7. The molecule has 0 radical (unpaired) electrons. The standard InChI is InChI=1S/C29H43FN4O6/c1-19(2)16-34(22-14-20(27(36)39-7)17-32(18-22)28(37)40-29(3,4)5)26(35)25-31-23-15-21(30)10-11-24(23)33(25)12-8-9-13-38-6/h10-11,15,19-20,22H,8-9,12-14,16-18H2,1-7H3/t20-,22+/m1/s1. The molecule has 0 N–H and O–H groups in total. The summed E-state index contributed by atoms with van der Waals surface area (Å²) in [6.07, 6.45) is 1.30. The fourth-order valence-corrected chi connectivity index (χ4v) is 5.04. The van der Waals surface area contributed by atoms with Crippen LogP contribution >= 0.6 is 0 Å². The molecule has 0 unspecified atom stereocenters. The Kier molecular flexibility index (Phi) is 10.5. The summed E-state index contributed by atoms with van der Waals surface area (Å²) in [5.74, 6) is -1.55. The number of nitrogens with zero attached hydrogens (tertiary/aromatic N) is 4. The van der Waals surface area contributed by atoms with Gasteiger partial charge in [0.25, 0.3) is 5.91 Å². The molecule has 0 aliphatic carbocycles. The predicted molar refractivity (Wildman–Crippen MR) is 148 cm³/mol. The summed E-state index contributed by atoms with van der Waals surface area (Å²) < 4.78 is 31.7. The SMILES string of the molecule is COCCCCn1c(C(=O)N(CC(C)C)[C@H]2C[C@@H](C(=O)OC)CN(C(=O)OC(C)(C)C)C2)nc2cc(F)ccc21. The van der Waals surface area contributed by atoms with Crippen LogP contribution in [0.5, 0.6) is 0 Å². The number of ether oxygens (including phenoxy) is 3. The largest absolute Gasteiger partial charge is 0.469 e. The molecule has 1 aromatic carbocycles. The van der Waals surface area contributed by atoms with E-state index >= 15 is 0 Å². The van der Waals surface area contributed by atoms with Crippen molar-refractivity contribution in [2.45, 2.75) is 72.1 Å². The molecule has 0 saturated carbocycles. The first-order chi connectivity index (χ1) is 18.8. The van der Waals surface area contributed by atoms with Gasteiger partial charge in [-0.05, 0) is 58.1 Å². The number of halogens is 1. The Bertz CT molecular complexity index is 1190. The van der Waals surface area contributed by atoms with Crippen LogP contribution in [-0.4, -0.2) is 89.4 Å². The summed E-state index contributed by atoms with van der Waals surface area (Å²) in [6.45, 7) is 11.1. The van der Waals surface area contributed by atoms with Crippen molar-refractivity contribution in [3.8, 4) is 0 Å². The van der Waals surface area contributed by atoms with Crippen LogP contribution in [-0.2, 0) is 25.5 Å². The normalized spacial score (nSPS) is 17.8. The number of amides is 2. The van der Waals surface area contributed by atoms with Gasteiger partial charge in [0.05, 0.1) is 30.1 Å². The van der Waals surface area contributed by atoms with Gasteiger partial charge in [0.1, 0.15) is 11.4 Å². The van der Waals surface area contributed by atoms with Crippen LogP contribution < -0.4 is 0 Å². The Labute approximate surface area is 235 Å². The fraction of sp³-hybridized carbons (Fsp3) is 0.655. The van der Waals surface area contributed by atoms with Crippen molar-refractivity contribution < 1.29 is 33.0 Å². The fourth-order valence-electron chi connectivity index (χ4n) is 5.04. The highest BCUT2D eigenvalue weighted by Crippen LogP contribution is 2.27. The third-order valence-electron chi connectivity index (χ3n) is 6.76. The van der Waals surface area contributed by atoms with Crippen molar-refractivity contribution >= 4 is 29.0 Å². The average molecular weight is 563 g/mol. The molecule has 2 atom stereocenters.